The van der Waals surface area contributed by atoms with Crippen LogP contribution in [-0.4, -0.2) is 24.9 Å². The van der Waals surface area contributed by atoms with Crippen LogP contribution in [-0.2, 0) is 13.6 Å². The third-order valence-corrected chi connectivity index (χ3v) is 5.97. The van der Waals surface area contributed by atoms with Gasteiger partial charge in [0.15, 0.2) is 16.3 Å². The fraction of sp³-hybridized carbons (Fsp3) is 0.650. The van der Waals surface area contributed by atoms with Crippen LogP contribution in [0.4, 0.5) is 0 Å². The highest BCUT2D eigenvalue weighted by Crippen LogP contribution is 2.23. The summed E-state index contributed by atoms with van der Waals surface area (Å²) in [5.41, 5.74) is -0.0431. The summed E-state index contributed by atoms with van der Waals surface area (Å²) in [5.74, 6) is 0.938. The lowest BCUT2D eigenvalue weighted by atomic mass is 10.1. The summed E-state index contributed by atoms with van der Waals surface area (Å²) in [4.78, 5) is 31.2. The van der Waals surface area contributed by atoms with Gasteiger partial charge in [-0.05, 0) is 13.3 Å². The molecule has 0 aromatic carbocycles. The van der Waals surface area contributed by atoms with Gasteiger partial charge in [0.2, 0.25) is 0 Å². The molecule has 6 nitrogen and oxygen atoms in total. The van der Waals surface area contributed by atoms with Crippen molar-refractivity contribution in [3.8, 4) is 0 Å². The van der Waals surface area contributed by atoms with Gasteiger partial charge in [-0.25, -0.2) is 9.78 Å². The van der Waals surface area contributed by atoms with Gasteiger partial charge in [-0.3, -0.25) is 14.3 Å². The van der Waals surface area contributed by atoms with Gasteiger partial charge in [0.25, 0.3) is 5.56 Å². The molecule has 0 radical (unpaired) electrons. The maximum Gasteiger partial charge on any atom is 0.329 e. The predicted molar refractivity (Wildman–Crippen MR) is 119 cm³/mol. The van der Waals surface area contributed by atoms with Gasteiger partial charge >= 0.3 is 5.69 Å². The fourth-order valence-corrected chi connectivity index (χ4v) is 4.18. The Labute approximate surface area is 175 Å². The van der Waals surface area contributed by atoms with Crippen molar-refractivity contribution in [2.45, 2.75) is 76.9 Å². The molecule has 2 heterocycles. The Morgan fingerprint density at radius 3 is 2.43 bits per heavy atom. The molecule has 2 aromatic rings. The molecule has 0 amide bonds. The number of hydrogen-bond acceptors (Lipinski definition) is 4. The Balaban J connectivity index is 2.05. The van der Waals surface area contributed by atoms with E-state index in [2.05, 4.69) is 16.9 Å². The molecule has 0 bridgehead atoms. The first kappa shape index (κ1) is 22.8. The first-order chi connectivity index (χ1) is 13.5. The second-order valence-electron chi connectivity index (χ2n) is 7.11. The number of hydrogen-bond donors (Lipinski definition) is 1. The van der Waals surface area contributed by atoms with Crippen molar-refractivity contribution in [2.75, 3.05) is 5.75 Å². The van der Waals surface area contributed by atoms with Crippen molar-refractivity contribution in [3.63, 3.8) is 0 Å². The Morgan fingerprint density at radius 1 is 1.14 bits per heavy atom. The number of aromatic nitrogens is 4. The monoisotopic (exact) mass is 426 g/mol. The van der Waals surface area contributed by atoms with Crippen LogP contribution >= 0.6 is 23.4 Å². The van der Waals surface area contributed by atoms with Gasteiger partial charge in [0, 0.05) is 24.4 Å². The third-order valence-electron chi connectivity index (χ3n) is 4.76. The lowest BCUT2D eigenvalue weighted by Gasteiger charge is -2.06. The Morgan fingerprint density at radius 2 is 1.79 bits per heavy atom. The minimum absolute atomic E-state index is 0.410. The highest BCUT2D eigenvalue weighted by atomic mass is 35.5. The van der Waals surface area contributed by atoms with E-state index in [4.69, 9.17) is 11.6 Å². The van der Waals surface area contributed by atoms with E-state index < -0.39 is 11.2 Å². The average Bonchev–Trinajstić information content (AvgIpc) is 3.02. The van der Waals surface area contributed by atoms with Crippen LogP contribution in [0.25, 0.3) is 11.2 Å². The zero-order chi connectivity index (χ0) is 20.5. The van der Waals surface area contributed by atoms with Crippen molar-refractivity contribution in [2.24, 2.45) is 7.05 Å². The number of halogens is 1. The van der Waals surface area contributed by atoms with Gasteiger partial charge in [-0.15, -0.1) is 0 Å². The SMILES string of the molecule is CCCCCCCCCCSc1nc2c(c(=O)[nH]c(=O)n2C)n1CC=C(C)Cl. The number of imidazole rings is 1. The smallest absolute Gasteiger partial charge is 0.309 e. The van der Waals surface area contributed by atoms with Crippen LogP contribution in [0.5, 0.6) is 0 Å². The molecule has 1 N–H and O–H groups in total. The van der Waals surface area contributed by atoms with Crippen molar-refractivity contribution in [3.05, 3.63) is 31.9 Å². The molecule has 0 fully saturated rings. The average molecular weight is 427 g/mol. The van der Waals surface area contributed by atoms with Gasteiger partial charge < -0.3 is 4.57 Å². The van der Waals surface area contributed by atoms with Crippen molar-refractivity contribution >= 4 is 34.5 Å². The number of unbranched alkanes of at least 4 members (excludes halogenated alkanes) is 7. The number of H-pyrrole nitrogens is 1. The first-order valence-electron chi connectivity index (χ1n) is 10.1. The second kappa shape index (κ2) is 11.5. The van der Waals surface area contributed by atoms with Crippen LogP contribution in [0, 0.1) is 0 Å². The molecule has 0 aliphatic rings. The van der Waals surface area contributed by atoms with Crippen LogP contribution in [0.15, 0.2) is 25.9 Å². The number of fused-ring (bicyclic) bond motifs is 1. The molecule has 0 aliphatic carbocycles. The number of aromatic amines is 1. The van der Waals surface area contributed by atoms with Crippen LogP contribution in [0.1, 0.15) is 65.2 Å². The Hall–Kier alpha value is -1.47. The first-order valence-corrected chi connectivity index (χ1v) is 11.5. The molecule has 28 heavy (non-hydrogen) atoms. The summed E-state index contributed by atoms with van der Waals surface area (Å²) in [6.45, 7) is 4.49. The van der Waals surface area contributed by atoms with E-state index in [-0.39, 0.29) is 0 Å². The summed E-state index contributed by atoms with van der Waals surface area (Å²) < 4.78 is 3.22. The maximum atomic E-state index is 12.4. The molecule has 0 unspecified atom stereocenters. The molecule has 8 heteroatoms. The minimum atomic E-state index is -0.453. The number of thioether (sulfide) groups is 1. The summed E-state index contributed by atoms with van der Waals surface area (Å²) in [6.07, 6.45) is 12.0. The normalized spacial score (nSPS) is 12.2. The Bertz CT molecular complexity index is 909. The van der Waals surface area contributed by atoms with E-state index in [9.17, 15) is 9.59 Å². The number of nitrogens with zero attached hydrogens (tertiary/aromatic N) is 3. The number of nitrogens with one attached hydrogen (secondary N) is 1. The lowest BCUT2D eigenvalue weighted by molar-refractivity contribution is 0.586. The van der Waals surface area contributed by atoms with E-state index in [1.165, 1.54) is 49.5 Å². The topological polar surface area (TPSA) is 72.7 Å². The molecule has 156 valence electrons. The molecule has 0 spiro atoms. The minimum Gasteiger partial charge on any atom is -0.309 e. The quantitative estimate of drug-likeness (QED) is 0.391. The van der Waals surface area contributed by atoms with Crippen LogP contribution in [0.2, 0.25) is 0 Å². The highest BCUT2D eigenvalue weighted by Gasteiger charge is 2.16. The third kappa shape index (κ3) is 6.27. The standard InChI is InChI=1S/C20H31ClN4O2S/c1-4-5-6-7-8-9-10-11-14-28-20-22-17-16(25(20)13-12-15(2)21)18(26)23-19(27)24(17)3/h12H,4-11,13-14H2,1-3H3,(H,23,26,27). The van der Waals surface area contributed by atoms with Crippen LogP contribution in [0.3, 0.4) is 0 Å². The number of aryl methyl sites for hydroxylation is 1. The molecule has 0 aliphatic heterocycles. The van der Waals surface area contributed by atoms with E-state index in [1.54, 1.807) is 25.7 Å². The molecule has 2 aromatic heterocycles. The van der Waals surface area contributed by atoms with Gasteiger partial charge in [0.1, 0.15) is 0 Å². The van der Waals surface area contributed by atoms with Gasteiger partial charge in [-0.2, -0.15) is 0 Å². The zero-order valence-corrected chi connectivity index (χ0v) is 18.7. The summed E-state index contributed by atoms with van der Waals surface area (Å²) >= 11 is 7.61. The molecular formula is C20H31ClN4O2S. The predicted octanol–water partition coefficient (Wildman–Crippen LogP) is 4.80. The zero-order valence-electron chi connectivity index (χ0n) is 17.1. The fourth-order valence-electron chi connectivity index (χ4n) is 3.11. The summed E-state index contributed by atoms with van der Waals surface area (Å²) in [7, 11) is 1.62. The van der Waals surface area contributed by atoms with Crippen LogP contribution < -0.4 is 11.2 Å². The second-order valence-corrected chi connectivity index (χ2v) is 8.77. The summed E-state index contributed by atoms with van der Waals surface area (Å²) in [5, 5.41) is 1.40. The van der Waals surface area contributed by atoms with E-state index >= 15 is 0 Å². The van der Waals surface area contributed by atoms with E-state index in [1.807, 2.05) is 10.6 Å². The Kier molecular flexibility index (Phi) is 9.38. The molecular weight excluding hydrogens is 396 g/mol. The number of rotatable bonds is 12. The van der Waals surface area contributed by atoms with E-state index in [0.717, 1.165) is 17.3 Å². The molecule has 0 saturated heterocycles. The summed E-state index contributed by atoms with van der Waals surface area (Å²) in [6, 6.07) is 0. The van der Waals surface area contributed by atoms with Crippen molar-refractivity contribution in [1.82, 2.24) is 19.1 Å². The van der Waals surface area contributed by atoms with Crippen molar-refractivity contribution in [1.29, 1.82) is 0 Å². The van der Waals surface area contributed by atoms with Crippen molar-refractivity contribution < 1.29 is 0 Å². The lowest BCUT2D eigenvalue weighted by Crippen LogP contribution is -2.29. The molecule has 0 saturated carbocycles. The van der Waals surface area contributed by atoms with Gasteiger partial charge in [-0.1, -0.05) is 81.3 Å². The molecule has 0 atom stereocenters. The van der Waals surface area contributed by atoms with E-state index in [0.29, 0.717) is 22.7 Å². The van der Waals surface area contributed by atoms with Gasteiger partial charge in [0.05, 0.1) is 0 Å². The highest BCUT2D eigenvalue weighted by molar-refractivity contribution is 7.99. The maximum absolute atomic E-state index is 12.4. The number of allylic oxidation sites excluding steroid dienone is 2. The largest absolute Gasteiger partial charge is 0.329 e. The molecule has 2 rings (SSSR count).